The fraction of sp³-hybridized carbons (Fsp3) is 0.182. The molecule has 144 valence electrons. The van der Waals surface area contributed by atoms with Crippen molar-refractivity contribution in [3.8, 4) is 5.69 Å². The highest BCUT2D eigenvalue weighted by atomic mass is 16.2. The Bertz CT molecular complexity index is 1180. The van der Waals surface area contributed by atoms with E-state index in [2.05, 4.69) is 17.0 Å². The average molecular weight is 376 g/mol. The molecule has 0 aliphatic carbocycles. The smallest absolute Gasteiger partial charge is 0.280 e. The highest BCUT2D eigenvalue weighted by Crippen LogP contribution is 2.12. The van der Waals surface area contributed by atoms with Gasteiger partial charge in [0.25, 0.3) is 11.5 Å². The van der Waals surface area contributed by atoms with Crippen LogP contribution in [-0.2, 0) is 0 Å². The molecule has 2 aromatic carbocycles. The van der Waals surface area contributed by atoms with E-state index in [1.807, 2.05) is 32.0 Å². The van der Waals surface area contributed by atoms with Crippen molar-refractivity contribution in [3.05, 3.63) is 80.1 Å². The van der Waals surface area contributed by atoms with Gasteiger partial charge in [-0.2, -0.15) is 0 Å². The van der Waals surface area contributed by atoms with Crippen molar-refractivity contribution in [1.29, 1.82) is 0 Å². The number of aromatic nitrogens is 2. The summed E-state index contributed by atoms with van der Waals surface area (Å²) in [6.07, 6.45) is 1.63. The van der Waals surface area contributed by atoms with Gasteiger partial charge in [0.2, 0.25) is 0 Å². The van der Waals surface area contributed by atoms with Crippen LogP contribution in [-0.4, -0.2) is 34.7 Å². The second-order valence-corrected chi connectivity index (χ2v) is 6.98. The number of anilines is 1. The van der Waals surface area contributed by atoms with E-state index in [9.17, 15) is 9.59 Å². The Morgan fingerprint density at radius 2 is 1.79 bits per heavy atom. The third kappa shape index (κ3) is 3.76. The zero-order valence-electron chi connectivity index (χ0n) is 16.5. The van der Waals surface area contributed by atoms with Crippen molar-refractivity contribution in [2.24, 2.45) is 0 Å². The van der Waals surface area contributed by atoms with E-state index in [1.165, 1.54) is 15.1 Å². The highest BCUT2D eigenvalue weighted by Gasteiger charge is 2.08. The normalized spacial score (nSPS) is 11.5. The Kier molecular flexibility index (Phi) is 5.22. The van der Waals surface area contributed by atoms with E-state index in [-0.39, 0.29) is 11.5 Å². The molecule has 0 unspecified atom stereocenters. The lowest BCUT2D eigenvalue weighted by atomic mass is 10.1. The average Bonchev–Trinajstić information content (AvgIpc) is 2.96. The molecule has 0 aliphatic heterocycles. The van der Waals surface area contributed by atoms with Gasteiger partial charge in [-0.3, -0.25) is 14.7 Å². The zero-order chi connectivity index (χ0) is 20.4. The number of H-pyrrole nitrogens is 1. The molecule has 3 aromatic rings. The fourth-order valence-electron chi connectivity index (χ4n) is 2.81. The van der Waals surface area contributed by atoms with Crippen LogP contribution >= 0.6 is 0 Å². The minimum Gasteiger partial charge on any atom is -0.361 e. The van der Waals surface area contributed by atoms with Crippen molar-refractivity contribution in [1.82, 2.24) is 14.7 Å². The van der Waals surface area contributed by atoms with Crippen LogP contribution in [0.15, 0.2) is 47.3 Å². The summed E-state index contributed by atoms with van der Waals surface area (Å²) in [5.74, 6) is -0.0579. The second-order valence-electron chi connectivity index (χ2n) is 6.98. The summed E-state index contributed by atoms with van der Waals surface area (Å²) in [5.41, 5.74) is 4.24. The summed E-state index contributed by atoms with van der Waals surface area (Å²) in [6, 6.07) is 12.9. The molecule has 0 saturated carbocycles. The molecule has 3 rings (SSSR count). The molecular formula is C22H24N4O2. The lowest BCUT2D eigenvalue weighted by molar-refractivity contribution is 0.0827. The van der Waals surface area contributed by atoms with Crippen LogP contribution in [0.4, 0.5) is 5.69 Å². The number of rotatable bonds is 4. The lowest BCUT2D eigenvalue weighted by Gasteiger charge is -2.10. The molecule has 6 heteroatoms. The van der Waals surface area contributed by atoms with Gasteiger partial charge in [0.1, 0.15) is 0 Å². The number of carbonyl (C=O) groups excluding carboxylic acids is 1. The number of nitrogens with zero attached hydrogens (tertiary/aromatic N) is 2. The van der Waals surface area contributed by atoms with Crippen LogP contribution in [0.1, 0.15) is 21.5 Å². The summed E-state index contributed by atoms with van der Waals surface area (Å²) in [7, 11) is 3.43. The van der Waals surface area contributed by atoms with Crippen molar-refractivity contribution in [2.75, 3.05) is 19.4 Å². The number of nitrogens with one attached hydrogen (secondary N) is 2. The molecule has 1 heterocycles. The van der Waals surface area contributed by atoms with Crippen molar-refractivity contribution < 1.29 is 4.79 Å². The summed E-state index contributed by atoms with van der Waals surface area (Å²) in [5, 5.41) is 7.09. The Hall–Kier alpha value is -3.54. The Balaban J connectivity index is 1.90. The molecule has 0 bridgehead atoms. The van der Waals surface area contributed by atoms with Crippen LogP contribution in [0, 0.1) is 13.8 Å². The molecule has 2 N–H and O–H groups in total. The maximum atomic E-state index is 12.8. The topological polar surface area (TPSA) is 70.1 Å². The third-order valence-corrected chi connectivity index (χ3v) is 4.68. The first kappa shape index (κ1) is 19.2. The van der Waals surface area contributed by atoms with E-state index >= 15 is 0 Å². The molecule has 0 radical (unpaired) electrons. The third-order valence-electron chi connectivity index (χ3n) is 4.68. The monoisotopic (exact) mass is 376 g/mol. The quantitative estimate of drug-likeness (QED) is 0.729. The first-order chi connectivity index (χ1) is 13.3. The molecule has 0 aliphatic rings. The molecule has 0 saturated heterocycles. The van der Waals surface area contributed by atoms with Gasteiger partial charge in [-0.05, 0) is 61.4 Å². The number of aromatic amines is 1. The highest BCUT2D eigenvalue weighted by molar-refractivity contribution is 5.94. The van der Waals surface area contributed by atoms with E-state index in [1.54, 1.807) is 44.6 Å². The van der Waals surface area contributed by atoms with E-state index in [0.717, 1.165) is 16.9 Å². The van der Waals surface area contributed by atoms with Gasteiger partial charge in [-0.1, -0.05) is 12.6 Å². The van der Waals surface area contributed by atoms with E-state index in [0.29, 0.717) is 16.1 Å². The first-order valence-corrected chi connectivity index (χ1v) is 8.94. The van der Waals surface area contributed by atoms with Crippen LogP contribution in [0.3, 0.4) is 0 Å². The van der Waals surface area contributed by atoms with Crippen molar-refractivity contribution >= 4 is 24.4 Å². The number of aryl methyl sites for hydroxylation is 2. The standard InChI is InChI=1S/C22H24N4O2/c1-14-6-11-19(12-15(14)2)26-22(28)20(16(3)24-26)13-23-18-9-7-17(8-10-18)21(27)25(4)5/h6-13,23-24H,3H2,1-2,4-5H3. The number of benzene rings is 2. The maximum absolute atomic E-state index is 12.8. The van der Waals surface area contributed by atoms with Gasteiger partial charge in [0.05, 0.1) is 16.3 Å². The number of hydrogen-bond donors (Lipinski definition) is 2. The van der Waals surface area contributed by atoms with Gasteiger partial charge in [-0.25, -0.2) is 4.68 Å². The summed E-state index contributed by atoms with van der Waals surface area (Å²) >= 11 is 0. The second kappa shape index (κ2) is 7.60. The molecule has 6 nitrogen and oxygen atoms in total. The van der Waals surface area contributed by atoms with Crippen LogP contribution < -0.4 is 21.4 Å². The minimum atomic E-state index is -0.180. The molecule has 0 fully saturated rings. The predicted octanol–water partition coefficient (Wildman–Crippen LogP) is 1.74. The van der Waals surface area contributed by atoms with E-state index < -0.39 is 0 Å². The van der Waals surface area contributed by atoms with Crippen LogP contribution in [0.5, 0.6) is 0 Å². The molecular weight excluding hydrogens is 352 g/mol. The van der Waals surface area contributed by atoms with Gasteiger partial charge in [0, 0.05) is 31.5 Å². The van der Waals surface area contributed by atoms with Gasteiger partial charge < -0.3 is 10.2 Å². The fourth-order valence-corrected chi connectivity index (χ4v) is 2.81. The van der Waals surface area contributed by atoms with Crippen molar-refractivity contribution in [2.45, 2.75) is 13.8 Å². The van der Waals surface area contributed by atoms with Gasteiger partial charge >= 0.3 is 0 Å². The molecule has 0 atom stereocenters. The molecule has 1 amide bonds. The number of hydrogen-bond acceptors (Lipinski definition) is 3. The Morgan fingerprint density at radius 3 is 2.39 bits per heavy atom. The lowest BCUT2D eigenvalue weighted by Crippen LogP contribution is -2.34. The van der Waals surface area contributed by atoms with E-state index in [4.69, 9.17) is 0 Å². The zero-order valence-corrected chi connectivity index (χ0v) is 16.5. The van der Waals surface area contributed by atoms with Crippen molar-refractivity contribution in [3.63, 3.8) is 0 Å². The van der Waals surface area contributed by atoms with Crippen LogP contribution in [0.25, 0.3) is 18.5 Å². The predicted molar refractivity (Wildman–Crippen MR) is 113 cm³/mol. The minimum absolute atomic E-state index is 0.0579. The summed E-state index contributed by atoms with van der Waals surface area (Å²) in [6.45, 7) is 7.98. The first-order valence-electron chi connectivity index (χ1n) is 8.94. The number of carbonyl (C=O) groups is 1. The van der Waals surface area contributed by atoms with Gasteiger partial charge in [0.15, 0.2) is 0 Å². The summed E-state index contributed by atoms with van der Waals surface area (Å²) in [4.78, 5) is 26.3. The number of amides is 1. The molecule has 28 heavy (non-hydrogen) atoms. The molecule has 1 aromatic heterocycles. The summed E-state index contributed by atoms with van der Waals surface area (Å²) < 4.78 is 1.49. The Morgan fingerprint density at radius 1 is 1.11 bits per heavy atom. The maximum Gasteiger partial charge on any atom is 0.280 e. The SMILES string of the molecule is C=c1[nH]n(-c2ccc(C)c(C)c2)c(=O)c1=CNc1ccc(C(=O)N(C)C)cc1. The van der Waals surface area contributed by atoms with Gasteiger partial charge in [-0.15, -0.1) is 0 Å². The van der Waals surface area contributed by atoms with Crippen LogP contribution in [0.2, 0.25) is 0 Å². The largest absolute Gasteiger partial charge is 0.361 e. The molecule has 0 spiro atoms. The Labute approximate surface area is 163 Å².